The highest BCUT2D eigenvalue weighted by Crippen LogP contribution is 2.28. The van der Waals surface area contributed by atoms with E-state index in [4.69, 9.17) is 0 Å². The molecule has 4 rings (SSSR count). The Morgan fingerprint density at radius 2 is 1.92 bits per heavy atom. The smallest absolute Gasteiger partial charge is 0.225 e. The second-order valence-corrected chi connectivity index (χ2v) is 7.34. The molecule has 0 unspecified atom stereocenters. The standard InChI is InChI=1S/C18H27N5O/c24-17(21-15-7-12-22-10-2-1-6-16(15)22)14-5-3-11-23(13-14)18-19-8-4-9-20-18/h4,8-9,14-16H,1-3,5-7,10-13H2,(H,21,24)/t14-,15+,16-/m0/s1. The molecule has 3 atom stereocenters. The van der Waals surface area contributed by atoms with Crippen molar-refractivity contribution in [2.24, 2.45) is 5.92 Å². The van der Waals surface area contributed by atoms with Crippen LogP contribution in [0.25, 0.3) is 0 Å². The number of rotatable bonds is 3. The van der Waals surface area contributed by atoms with Crippen molar-refractivity contribution in [1.29, 1.82) is 0 Å². The van der Waals surface area contributed by atoms with Gasteiger partial charge in [-0.05, 0) is 44.7 Å². The summed E-state index contributed by atoms with van der Waals surface area (Å²) >= 11 is 0. The highest BCUT2D eigenvalue weighted by Gasteiger charge is 2.37. The Hall–Kier alpha value is -1.69. The predicted molar refractivity (Wildman–Crippen MR) is 92.7 cm³/mol. The van der Waals surface area contributed by atoms with Crippen molar-refractivity contribution in [2.45, 2.75) is 50.6 Å². The predicted octanol–water partition coefficient (Wildman–Crippen LogP) is 1.44. The van der Waals surface area contributed by atoms with Gasteiger partial charge in [0.15, 0.2) is 0 Å². The maximum atomic E-state index is 12.8. The second kappa shape index (κ2) is 7.05. The van der Waals surface area contributed by atoms with Crippen LogP contribution >= 0.6 is 0 Å². The van der Waals surface area contributed by atoms with E-state index >= 15 is 0 Å². The molecule has 0 spiro atoms. The summed E-state index contributed by atoms with van der Waals surface area (Å²) in [4.78, 5) is 26.2. The molecule has 1 aromatic rings. The molecule has 1 N–H and O–H groups in total. The van der Waals surface area contributed by atoms with E-state index in [2.05, 4.69) is 25.1 Å². The molecule has 3 aliphatic rings. The van der Waals surface area contributed by atoms with E-state index < -0.39 is 0 Å². The molecule has 0 bridgehead atoms. The van der Waals surface area contributed by atoms with Gasteiger partial charge in [-0.2, -0.15) is 0 Å². The largest absolute Gasteiger partial charge is 0.351 e. The lowest BCUT2D eigenvalue weighted by Crippen LogP contribution is -2.50. The Morgan fingerprint density at radius 3 is 2.79 bits per heavy atom. The number of amides is 1. The van der Waals surface area contributed by atoms with Gasteiger partial charge in [-0.1, -0.05) is 6.42 Å². The Labute approximate surface area is 143 Å². The van der Waals surface area contributed by atoms with Crippen molar-refractivity contribution >= 4 is 11.9 Å². The van der Waals surface area contributed by atoms with Gasteiger partial charge in [0, 0.05) is 44.1 Å². The number of nitrogens with zero attached hydrogens (tertiary/aromatic N) is 4. The minimum absolute atomic E-state index is 0.0557. The topological polar surface area (TPSA) is 61.4 Å². The Kier molecular flexibility index (Phi) is 4.65. The highest BCUT2D eigenvalue weighted by molar-refractivity contribution is 5.80. The van der Waals surface area contributed by atoms with Gasteiger partial charge in [-0.15, -0.1) is 0 Å². The summed E-state index contributed by atoms with van der Waals surface area (Å²) in [6, 6.07) is 2.74. The fraction of sp³-hybridized carbons (Fsp3) is 0.722. The van der Waals surface area contributed by atoms with Gasteiger partial charge >= 0.3 is 0 Å². The van der Waals surface area contributed by atoms with Crippen LogP contribution in [0.5, 0.6) is 0 Å². The van der Waals surface area contributed by atoms with Crippen LogP contribution in [-0.2, 0) is 4.79 Å². The van der Waals surface area contributed by atoms with E-state index in [1.54, 1.807) is 12.4 Å². The molecular weight excluding hydrogens is 302 g/mol. The summed E-state index contributed by atoms with van der Waals surface area (Å²) < 4.78 is 0. The van der Waals surface area contributed by atoms with Crippen molar-refractivity contribution in [2.75, 3.05) is 31.1 Å². The van der Waals surface area contributed by atoms with Crippen molar-refractivity contribution in [3.63, 3.8) is 0 Å². The van der Waals surface area contributed by atoms with Crippen LogP contribution in [0.15, 0.2) is 18.5 Å². The third-order valence-electron chi connectivity index (χ3n) is 5.81. The van der Waals surface area contributed by atoms with Gasteiger partial charge in [0.1, 0.15) is 0 Å². The molecule has 0 saturated carbocycles. The molecule has 3 aliphatic heterocycles. The van der Waals surface area contributed by atoms with Crippen LogP contribution in [0.4, 0.5) is 5.95 Å². The first-order chi connectivity index (χ1) is 11.8. The molecule has 130 valence electrons. The van der Waals surface area contributed by atoms with E-state index in [0.717, 1.165) is 44.8 Å². The van der Waals surface area contributed by atoms with Crippen LogP contribution in [0.3, 0.4) is 0 Å². The molecule has 0 aliphatic carbocycles. The minimum atomic E-state index is 0.0557. The van der Waals surface area contributed by atoms with Gasteiger partial charge < -0.3 is 10.2 Å². The van der Waals surface area contributed by atoms with Crippen molar-refractivity contribution < 1.29 is 4.79 Å². The summed E-state index contributed by atoms with van der Waals surface area (Å²) in [5, 5.41) is 3.37. The summed E-state index contributed by atoms with van der Waals surface area (Å²) in [6.07, 6.45) is 10.5. The van der Waals surface area contributed by atoms with E-state index in [1.807, 2.05) is 6.07 Å². The molecule has 0 radical (unpaired) electrons. The first-order valence-electron chi connectivity index (χ1n) is 9.37. The number of fused-ring (bicyclic) bond motifs is 1. The van der Waals surface area contributed by atoms with Crippen LogP contribution in [0, 0.1) is 5.92 Å². The van der Waals surface area contributed by atoms with Gasteiger partial charge in [-0.3, -0.25) is 9.69 Å². The Bertz CT molecular complexity index is 566. The average molecular weight is 329 g/mol. The number of hydrogen-bond acceptors (Lipinski definition) is 5. The number of piperidine rings is 2. The molecule has 6 heteroatoms. The van der Waals surface area contributed by atoms with Crippen LogP contribution < -0.4 is 10.2 Å². The fourth-order valence-electron chi connectivity index (χ4n) is 4.54. The van der Waals surface area contributed by atoms with Crippen molar-refractivity contribution in [3.05, 3.63) is 18.5 Å². The zero-order valence-corrected chi connectivity index (χ0v) is 14.2. The molecule has 6 nitrogen and oxygen atoms in total. The van der Waals surface area contributed by atoms with Crippen LogP contribution in [0.2, 0.25) is 0 Å². The van der Waals surface area contributed by atoms with Crippen LogP contribution in [-0.4, -0.2) is 59.0 Å². The highest BCUT2D eigenvalue weighted by atomic mass is 16.2. The van der Waals surface area contributed by atoms with Gasteiger partial charge in [-0.25, -0.2) is 9.97 Å². The molecule has 24 heavy (non-hydrogen) atoms. The monoisotopic (exact) mass is 329 g/mol. The second-order valence-electron chi connectivity index (χ2n) is 7.34. The Balaban J connectivity index is 1.36. The molecule has 3 fully saturated rings. The van der Waals surface area contributed by atoms with Crippen molar-refractivity contribution in [1.82, 2.24) is 20.2 Å². The quantitative estimate of drug-likeness (QED) is 0.909. The molecule has 3 saturated heterocycles. The van der Waals surface area contributed by atoms with Gasteiger partial charge in [0.2, 0.25) is 11.9 Å². The lowest BCUT2D eigenvalue weighted by Gasteiger charge is -2.35. The number of hydrogen-bond donors (Lipinski definition) is 1. The summed E-state index contributed by atoms with van der Waals surface area (Å²) in [5.74, 6) is 1.03. The number of nitrogens with one attached hydrogen (secondary N) is 1. The van der Waals surface area contributed by atoms with E-state index in [9.17, 15) is 4.79 Å². The molecule has 1 aromatic heterocycles. The lowest BCUT2D eigenvalue weighted by atomic mass is 9.95. The third kappa shape index (κ3) is 3.24. The minimum Gasteiger partial charge on any atom is -0.351 e. The van der Waals surface area contributed by atoms with E-state index in [0.29, 0.717) is 12.1 Å². The zero-order valence-electron chi connectivity index (χ0n) is 14.2. The average Bonchev–Trinajstić information content (AvgIpc) is 3.06. The molecule has 0 aromatic carbocycles. The summed E-state index contributed by atoms with van der Waals surface area (Å²) in [5.41, 5.74) is 0. The first kappa shape index (κ1) is 15.8. The molecular formula is C18H27N5O. The summed E-state index contributed by atoms with van der Waals surface area (Å²) in [6.45, 7) is 4.02. The van der Waals surface area contributed by atoms with Gasteiger partial charge in [0.25, 0.3) is 0 Å². The molecule has 1 amide bonds. The zero-order chi connectivity index (χ0) is 16.4. The van der Waals surface area contributed by atoms with Crippen LogP contribution in [0.1, 0.15) is 38.5 Å². The SMILES string of the molecule is O=C(N[C@@H]1CCN2CCCC[C@@H]12)[C@H]1CCCN(c2ncccn2)C1. The molecule has 4 heterocycles. The van der Waals surface area contributed by atoms with E-state index in [-0.39, 0.29) is 11.8 Å². The van der Waals surface area contributed by atoms with Gasteiger partial charge in [0.05, 0.1) is 5.92 Å². The normalized spacial score (nSPS) is 30.8. The third-order valence-corrected chi connectivity index (χ3v) is 5.81. The maximum absolute atomic E-state index is 12.8. The lowest BCUT2D eigenvalue weighted by molar-refractivity contribution is -0.126. The number of anilines is 1. The number of carbonyl (C=O) groups excluding carboxylic acids is 1. The first-order valence-corrected chi connectivity index (χ1v) is 9.37. The number of aromatic nitrogens is 2. The maximum Gasteiger partial charge on any atom is 0.225 e. The number of carbonyl (C=O) groups is 1. The fourth-order valence-corrected chi connectivity index (χ4v) is 4.54. The Morgan fingerprint density at radius 1 is 1.04 bits per heavy atom. The van der Waals surface area contributed by atoms with E-state index in [1.165, 1.54) is 25.8 Å². The van der Waals surface area contributed by atoms with Crippen molar-refractivity contribution in [3.8, 4) is 0 Å². The summed E-state index contributed by atoms with van der Waals surface area (Å²) in [7, 11) is 0.